The molecule has 25 heavy (non-hydrogen) atoms. The molecule has 3 N–H and O–H groups in total. The third-order valence-corrected chi connectivity index (χ3v) is 5.45. The lowest BCUT2D eigenvalue weighted by atomic mass is 9.75. The molecule has 130 valence electrons. The van der Waals surface area contributed by atoms with E-state index in [9.17, 15) is 9.59 Å². The minimum Gasteiger partial charge on any atom is -0.364 e. The number of nitrogens with zero attached hydrogens (tertiary/aromatic N) is 2. The molecule has 1 aliphatic carbocycles. The average molecular weight is 403 g/mol. The summed E-state index contributed by atoms with van der Waals surface area (Å²) in [4.78, 5) is 29.3. The van der Waals surface area contributed by atoms with Crippen molar-refractivity contribution >= 4 is 27.7 Å². The maximum atomic E-state index is 12.8. The van der Waals surface area contributed by atoms with Gasteiger partial charge < -0.3 is 15.6 Å². The molecule has 3 heterocycles. The monoisotopic (exact) mass is 402 g/mol. The third-order valence-electron chi connectivity index (χ3n) is 4.95. The number of hydrogen-bond donors (Lipinski definition) is 2. The molecule has 0 unspecified atom stereocenters. The van der Waals surface area contributed by atoms with Crippen LogP contribution in [0.5, 0.6) is 0 Å². The summed E-state index contributed by atoms with van der Waals surface area (Å²) in [5, 5.41) is 2.87. The summed E-state index contributed by atoms with van der Waals surface area (Å²) in [6.45, 7) is 3.76. The number of nitrogens with two attached hydrogens (primary N) is 1. The predicted octanol–water partition coefficient (Wildman–Crippen LogP) is 2.98. The van der Waals surface area contributed by atoms with Crippen molar-refractivity contribution in [3.8, 4) is 11.4 Å². The highest BCUT2D eigenvalue weighted by Crippen LogP contribution is 2.53. The Kier molecular flexibility index (Phi) is 3.72. The fourth-order valence-electron chi connectivity index (χ4n) is 3.83. The van der Waals surface area contributed by atoms with Crippen molar-refractivity contribution in [2.75, 3.05) is 0 Å². The van der Waals surface area contributed by atoms with E-state index in [2.05, 4.69) is 32.3 Å². The number of hydrogen-bond acceptors (Lipinski definition) is 3. The largest absolute Gasteiger partial charge is 0.364 e. The van der Waals surface area contributed by atoms with Crippen LogP contribution in [0.1, 0.15) is 65.2 Å². The fourth-order valence-corrected chi connectivity index (χ4v) is 4.19. The van der Waals surface area contributed by atoms with Gasteiger partial charge in [-0.1, -0.05) is 22.0 Å². The van der Waals surface area contributed by atoms with Crippen LogP contribution in [-0.4, -0.2) is 27.4 Å². The third kappa shape index (κ3) is 2.49. The Balaban J connectivity index is 1.97. The van der Waals surface area contributed by atoms with Crippen LogP contribution < -0.4 is 11.1 Å². The van der Waals surface area contributed by atoms with Gasteiger partial charge in [-0.05, 0) is 50.3 Å². The summed E-state index contributed by atoms with van der Waals surface area (Å²) in [6, 6.07) is 6.25. The molecule has 2 aromatic rings. The molecule has 6 nitrogen and oxygen atoms in total. The minimum atomic E-state index is -0.679. The van der Waals surface area contributed by atoms with E-state index in [-0.39, 0.29) is 29.4 Å². The van der Waals surface area contributed by atoms with Gasteiger partial charge in [-0.15, -0.1) is 0 Å². The van der Waals surface area contributed by atoms with Gasteiger partial charge in [-0.2, -0.15) is 0 Å². The molecule has 1 fully saturated rings. The maximum absolute atomic E-state index is 12.8. The van der Waals surface area contributed by atoms with Crippen molar-refractivity contribution in [1.82, 2.24) is 14.9 Å². The zero-order valence-corrected chi connectivity index (χ0v) is 15.6. The molecule has 7 heteroatoms. The normalized spacial score (nSPS) is 20.3. The quantitative estimate of drug-likeness (QED) is 0.826. The first-order valence-corrected chi connectivity index (χ1v) is 9.18. The highest BCUT2D eigenvalue weighted by atomic mass is 79.9. The van der Waals surface area contributed by atoms with Gasteiger partial charge >= 0.3 is 0 Å². The summed E-state index contributed by atoms with van der Waals surface area (Å²) in [7, 11) is 0. The zero-order chi connectivity index (χ0) is 17.9. The lowest BCUT2D eigenvalue weighted by molar-refractivity contribution is 0.0911. The summed E-state index contributed by atoms with van der Waals surface area (Å²) >= 11 is 3.51. The van der Waals surface area contributed by atoms with Crippen LogP contribution in [0.3, 0.4) is 0 Å². The molecule has 2 aliphatic heterocycles. The number of carbonyl (C=O) groups is 2. The Hall–Kier alpha value is -2.15. The standard InChI is InChI=1S/C18H19BrN4O2/c1-8(2)21-18(25)15-14(16(20)24)22-17-13-7-10(19)3-4-12(13)9-5-11(6-9)23(15)17/h3-4,7-9,11H,5-6H2,1-2H3,(H2,20,24)(H,21,25). The fraction of sp³-hybridized carbons (Fsp3) is 0.389. The van der Waals surface area contributed by atoms with Gasteiger partial charge in [0.15, 0.2) is 5.69 Å². The summed E-state index contributed by atoms with van der Waals surface area (Å²) in [5.74, 6) is 0.142. The molecule has 2 amide bonds. The van der Waals surface area contributed by atoms with Gasteiger partial charge in [-0.25, -0.2) is 4.98 Å². The maximum Gasteiger partial charge on any atom is 0.270 e. The highest BCUT2D eigenvalue weighted by Gasteiger charge is 2.42. The Labute approximate surface area is 153 Å². The number of primary amides is 1. The molecule has 3 aliphatic rings. The lowest BCUT2D eigenvalue weighted by Gasteiger charge is -2.35. The summed E-state index contributed by atoms with van der Waals surface area (Å²) in [5.41, 5.74) is 8.05. The van der Waals surface area contributed by atoms with Gasteiger partial charge in [0.2, 0.25) is 0 Å². The van der Waals surface area contributed by atoms with Crippen LogP contribution in [0.2, 0.25) is 0 Å². The molecule has 1 saturated carbocycles. The van der Waals surface area contributed by atoms with E-state index >= 15 is 0 Å². The van der Waals surface area contributed by atoms with Gasteiger partial charge in [0.25, 0.3) is 11.8 Å². The van der Waals surface area contributed by atoms with Crippen LogP contribution in [0.15, 0.2) is 22.7 Å². The van der Waals surface area contributed by atoms with Crippen molar-refractivity contribution in [3.63, 3.8) is 0 Å². The number of nitrogens with one attached hydrogen (secondary N) is 1. The van der Waals surface area contributed by atoms with Gasteiger partial charge in [0, 0.05) is 22.1 Å². The molecule has 0 radical (unpaired) electrons. The van der Waals surface area contributed by atoms with Crippen molar-refractivity contribution in [1.29, 1.82) is 0 Å². The number of rotatable bonds is 3. The first-order valence-electron chi connectivity index (χ1n) is 8.39. The molecule has 0 spiro atoms. The zero-order valence-electron chi connectivity index (χ0n) is 14.0. The molecule has 2 bridgehead atoms. The number of aromatic nitrogens is 2. The first-order chi connectivity index (χ1) is 11.9. The predicted molar refractivity (Wildman–Crippen MR) is 97.5 cm³/mol. The van der Waals surface area contributed by atoms with E-state index in [0.717, 1.165) is 22.9 Å². The molecule has 5 rings (SSSR count). The molecule has 0 atom stereocenters. The Morgan fingerprint density at radius 2 is 2.08 bits per heavy atom. The van der Waals surface area contributed by atoms with Crippen molar-refractivity contribution in [3.05, 3.63) is 39.6 Å². The van der Waals surface area contributed by atoms with E-state index in [1.54, 1.807) is 0 Å². The van der Waals surface area contributed by atoms with Crippen molar-refractivity contribution in [2.45, 2.75) is 44.7 Å². The lowest BCUT2D eigenvalue weighted by Crippen LogP contribution is -2.35. The summed E-state index contributed by atoms with van der Waals surface area (Å²) in [6.07, 6.45) is 1.89. The first kappa shape index (κ1) is 16.3. The SMILES string of the molecule is CC(C)NC(=O)c1c(C(N)=O)nc2n1C1CC(C1)c1ccc(Br)cc1-2. The van der Waals surface area contributed by atoms with Crippen LogP contribution >= 0.6 is 15.9 Å². The number of carbonyl (C=O) groups excluding carboxylic acids is 2. The molecular weight excluding hydrogens is 384 g/mol. The van der Waals surface area contributed by atoms with E-state index in [4.69, 9.17) is 5.73 Å². The van der Waals surface area contributed by atoms with Gasteiger partial charge in [0.05, 0.1) is 0 Å². The molecular formula is C18H19BrN4O2. The Morgan fingerprint density at radius 1 is 1.36 bits per heavy atom. The number of amides is 2. The van der Waals surface area contributed by atoms with Crippen LogP contribution in [0.4, 0.5) is 0 Å². The van der Waals surface area contributed by atoms with E-state index < -0.39 is 5.91 Å². The van der Waals surface area contributed by atoms with Gasteiger partial charge in [0.1, 0.15) is 11.5 Å². The Bertz CT molecular complexity index is 897. The second-order valence-corrected chi connectivity index (χ2v) is 7.96. The molecule has 1 aromatic carbocycles. The molecule has 0 saturated heterocycles. The Morgan fingerprint density at radius 3 is 2.72 bits per heavy atom. The molecule has 1 aromatic heterocycles. The number of benzene rings is 1. The summed E-state index contributed by atoms with van der Waals surface area (Å²) < 4.78 is 2.86. The topological polar surface area (TPSA) is 90.0 Å². The average Bonchev–Trinajstić information content (AvgIpc) is 2.76. The van der Waals surface area contributed by atoms with Gasteiger partial charge in [-0.3, -0.25) is 9.59 Å². The van der Waals surface area contributed by atoms with Crippen LogP contribution in [-0.2, 0) is 0 Å². The van der Waals surface area contributed by atoms with Crippen LogP contribution in [0, 0.1) is 0 Å². The van der Waals surface area contributed by atoms with E-state index in [0.29, 0.717) is 11.7 Å². The van der Waals surface area contributed by atoms with E-state index in [1.807, 2.05) is 30.5 Å². The minimum absolute atomic E-state index is 0.0410. The van der Waals surface area contributed by atoms with Crippen molar-refractivity contribution in [2.24, 2.45) is 5.73 Å². The smallest absolute Gasteiger partial charge is 0.270 e. The number of halogens is 1. The number of imidazole rings is 1. The second-order valence-electron chi connectivity index (χ2n) is 7.05. The second kappa shape index (κ2) is 5.69. The van der Waals surface area contributed by atoms with Crippen LogP contribution in [0.25, 0.3) is 11.4 Å². The van der Waals surface area contributed by atoms with Crippen molar-refractivity contribution < 1.29 is 9.59 Å². The van der Waals surface area contributed by atoms with E-state index in [1.165, 1.54) is 5.56 Å². The highest BCUT2D eigenvalue weighted by molar-refractivity contribution is 9.10.